The molecule has 37 heavy (non-hydrogen) atoms. The molecule has 0 radical (unpaired) electrons. The lowest BCUT2D eigenvalue weighted by molar-refractivity contribution is -0.249. The Morgan fingerprint density at radius 2 is 2.08 bits per heavy atom. The number of nitrogens with one attached hydrogen (secondary N) is 3. The van der Waals surface area contributed by atoms with E-state index >= 15 is 4.39 Å². The Balaban J connectivity index is 1.44. The molecule has 5 N–H and O–H groups in total. The minimum Gasteiger partial charge on any atom is -0.473 e. The molecule has 4 aliphatic rings. The molecule has 0 aromatic carbocycles. The maximum absolute atomic E-state index is 15.0. The van der Waals surface area contributed by atoms with Crippen LogP contribution in [0.15, 0.2) is 6.07 Å². The zero-order valence-electron chi connectivity index (χ0n) is 19.7. The van der Waals surface area contributed by atoms with Crippen molar-refractivity contribution in [2.24, 2.45) is 17.8 Å². The van der Waals surface area contributed by atoms with Crippen molar-refractivity contribution in [2.45, 2.75) is 56.5 Å². The second-order valence-electron chi connectivity index (χ2n) is 9.92. The molecule has 0 amide bonds. The fourth-order valence-electron chi connectivity index (χ4n) is 6.08. The van der Waals surface area contributed by atoms with Crippen LogP contribution in [0.25, 0.3) is 0 Å². The molecule has 0 aliphatic heterocycles. The Labute approximate surface area is 208 Å². The van der Waals surface area contributed by atoms with Crippen molar-refractivity contribution in [3.63, 3.8) is 0 Å². The first kappa shape index (κ1) is 25.4. The van der Waals surface area contributed by atoms with Gasteiger partial charge in [0.2, 0.25) is 11.8 Å². The van der Waals surface area contributed by atoms with Gasteiger partial charge in [-0.1, -0.05) is 0 Å². The molecule has 4 bridgehead atoms. The highest BCUT2D eigenvalue weighted by molar-refractivity contribution is 5.76. The highest BCUT2D eigenvalue weighted by Crippen LogP contribution is 2.57. The second kappa shape index (κ2) is 9.28. The van der Waals surface area contributed by atoms with Crippen LogP contribution in [0.5, 0.6) is 5.88 Å². The molecule has 2 aromatic rings. The molecule has 4 fully saturated rings. The molecule has 11 nitrogen and oxygen atoms in total. The van der Waals surface area contributed by atoms with E-state index in [1.54, 1.807) is 13.0 Å². The summed E-state index contributed by atoms with van der Waals surface area (Å²) in [7, 11) is 0. The number of ether oxygens (including phenoxy) is 2. The number of anilines is 3. The van der Waals surface area contributed by atoms with Gasteiger partial charge < -0.3 is 30.3 Å². The number of H-pyrrole nitrogens is 1. The van der Waals surface area contributed by atoms with E-state index < -0.39 is 54.1 Å². The van der Waals surface area contributed by atoms with Gasteiger partial charge in [0.15, 0.2) is 11.6 Å². The summed E-state index contributed by atoms with van der Waals surface area (Å²) in [5.74, 6) is -4.58. The Bertz CT molecular complexity index is 1180. The van der Waals surface area contributed by atoms with E-state index in [4.69, 9.17) is 14.6 Å². The van der Waals surface area contributed by atoms with Crippen LogP contribution in [0.2, 0.25) is 0 Å². The third-order valence-corrected chi connectivity index (χ3v) is 7.25. The van der Waals surface area contributed by atoms with Crippen LogP contribution in [-0.4, -0.2) is 73.5 Å². The highest BCUT2D eigenvalue weighted by Gasteiger charge is 2.63. The maximum Gasteiger partial charge on any atom is 0.490 e. The largest absolute Gasteiger partial charge is 0.490 e. The average molecular weight is 530 g/mol. The molecular formula is C22H26F4N6O5. The van der Waals surface area contributed by atoms with Crippen molar-refractivity contribution in [1.29, 1.82) is 0 Å². The fraction of sp³-hybridized carbons (Fsp3) is 0.636. The Morgan fingerprint density at radius 3 is 2.76 bits per heavy atom. The molecule has 0 saturated heterocycles. The summed E-state index contributed by atoms with van der Waals surface area (Å²) < 4.78 is 64.0. The fourth-order valence-corrected chi connectivity index (χ4v) is 6.08. The number of aliphatic hydroxyl groups is 2. The minimum atomic E-state index is -5.20. The molecule has 15 heteroatoms. The Hall–Kier alpha value is -3.20. The molecule has 4 aliphatic carbocycles. The molecule has 2 heterocycles. The third kappa shape index (κ3) is 4.89. The molecule has 4 saturated carbocycles. The first-order valence-electron chi connectivity index (χ1n) is 11.8. The van der Waals surface area contributed by atoms with E-state index in [-0.39, 0.29) is 48.9 Å². The lowest BCUT2D eigenvalue weighted by atomic mass is 9.51. The summed E-state index contributed by atoms with van der Waals surface area (Å²) in [5.41, 5.74) is -0.850. The number of nitrogens with zero attached hydrogens (tertiary/aromatic N) is 3. The summed E-state index contributed by atoms with van der Waals surface area (Å²) in [6.07, 6.45) is -5.05. The van der Waals surface area contributed by atoms with Crippen LogP contribution >= 0.6 is 0 Å². The summed E-state index contributed by atoms with van der Waals surface area (Å²) in [4.78, 5) is 19.9. The van der Waals surface area contributed by atoms with Gasteiger partial charge in [0.1, 0.15) is 18.3 Å². The number of aliphatic hydroxyl groups excluding tert-OH is 1. The zero-order valence-corrected chi connectivity index (χ0v) is 19.7. The van der Waals surface area contributed by atoms with Gasteiger partial charge in [0.05, 0.1) is 6.61 Å². The highest BCUT2D eigenvalue weighted by atomic mass is 19.4. The zero-order chi connectivity index (χ0) is 26.5. The van der Waals surface area contributed by atoms with E-state index in [2.05, 4.69) is 30.8 Å². The maximum atomic E-state index is 15.0. The van der Waals surface area contributed by atoms with Crippen LogP contribution < -0.4 is 15.4 Å². The molecule has 6 atom stereocenters. The summed E-state index contributed by atoms with van der Waals surface area (Å²) in [5, 5.41) is 32.7. The predicted molar refractivity (Wildman–Crippen MR) is 118 cm³/mol. The SMILES string of the molecule is Cc1cc(Nc2nc(NC3C4CC5CC3C(OC(=O)C(F)(F)F)C(O)(C5)C4)nc(OCCO)c2F)n[nH]1. The molecule has 202 valence electrons. The smallest absolute Gasteiger partial charge is 0.473 e. The summed E-state index contributed by atoms with van der Waals surface area (Å²) in [6, 6.07) is 1.06. The molecular weight excluding hydrogens is 504 g/mol. The van der Waals surface area contributed by atoms with Crippen LogP contribution in [-0.2, 0) is 9.53 Å². The van der Waals surface area contributed by atoms with E-state index in [0.29, 0.717) is 18.5 Å². The second-order valence-corrected chi connectivity index (χ2v) is 9.92. The first-order valence-corrected chi connectivity index (χ1v) is 11.8. The Morgan fingerprint density at radius 1 is 1.30 bits per heavy atom. The number of carbonyl (C=O) groups is 1. The topological polar surface area (TPSA) is 155 Å². The summed E-state index contributed by atoms with van der Waals surface area (Å²) >= 11 is 0. The molecule has 2 aromatic heterocycles. The number of hydrogen-bond acceptors (Lipinski definition) is 10. The number of alkyl halides is 3. The van der Waals surface area contributed by atoms with E-state index in [1.165, 1.54) is 0 Å². The van der Waals surface area contributed by atoms with Gasteiger partial charge in [0.25, 0.3) is 5.88 Å². The van der Waals surface area contributed by atoms with Crippen molar-refractivity contribution in [3.05, 3.63) is 17.6 Å². The normalized spacial score (nSPS) is 30.3. The number of rotatable bonds is 8. The monoisotopic (exact) mass is 530 g/mol. The van der Waals surface area contributed by atoms with Gasteiger partial charge in [-0.3, -0.25) is 5.10 Å². The first-order chi connectivity index (χ1) is 17.5. The standard InChI is InChI=1S/C22H26F4N6O5/c1-9-4-13(32-31-9)27-17-14(23)18(36-3-2-33)30-20(29-17)28-15-11-5-10-6-12(15)16(21(35,7-10)8-11)37-19(34)22(24,25)26/h4,10-12,15-16,33,35H,2-3,5-8H2,1H3,(H3,27,28,29,30,31,32). The van der Waals surface area contributed by atoms with Crippen molar-refractivity contribution < 1.29 is 42.0 Å². The van der Waals surface area contributed by atoms with Gasteiger partial charge in [-0.05, 0) is 44.4 Å². The van der Waals surface area contributed by atoms with E-state index in [9.17, 15) is 23.1 Å². The number of aromatic amines is 1. The van der Waals surface area contributed by atoms with Crippen molar-refractivity contribution in [3.8, 4) is 5.88 Å². The predicted octanol–water partition coefficient (Wildman–Crippen LogP) is 2.20. The van der Waals surface area contributed by atoms with Gasteiger partial charge in [-0.15, -0.1) is 0 Å². The number of aryl methyl sites for hydroxylation is 1. The van der Waals surface area contributed by atoms with Crippen LogP contribution in [0.3, 0.4) is 0 Å². The molecule has 0 spiro atoms. The van der Waals surface area contributed by atoms with Gasteiger partial charge in [-0.2, -0.15) is 32.6 Å². The van der Waals surface area contributed by atoms with Crippen molar-refractivity contribution >= 4 is 23.6 Å². The number of hydrogen-bond donors (Lipinski definition) is 5. The van der Waals surface area contributed by atoms with Gasteiger partial charge >= 0.3 is 12.1 Å². The average Bonchev–Trinajstić information content (AvgIpc) is 3.22. The Kier molecular flexibility index (Phi) is 6.38. The van der Waals surface area contributed by atoms with Crippen LogP contribution in [0.4, 0.5) is 35.1 Å². The molecule has 6 unspecified atom stereocenters. The number of halogens is 4. The lowest BCUT2D eigenvalue weighted by Gasteiger charge is -2.61. The van der Waals surface area contributed by atoms with E-state index in [0.717, 1.165) is 0 Å². The lowest BCUT2D eigenvalue weighted by Crippen LogP contribution is -2.68. The summed E-state index contributed by atoms with van der Waals surface area (Å²) in [6.45, 7) is 1.11. The quantitative estimate of drug-likeness (QED) is 0.253. The van der Waals surface area contributed by atoms with Gasteiger partial charge in [0, 0.05) is 23.7 Å². The van der Waals surface area contributed by atoms with Crippen LogP contribution in [0, 0.1) is 30.5 Å². The van der Waals surface area contributed by atoms with Crippen molar-refractivity contribution in [2.75, 3.05) is 23.8 Å². The minimum absolute atomic E-state index is 0.0744. The van der Waals surface area contributed by atoms with Crippen molar-refractivity contribution in [1.82, 2.24) is 20.2 Å². The number of aromatic nitrogens is 4. The third-order valence-electron chi connectivity index (χ3n) is 7.25. The van der Waals surface area contributed by atoms with Crippen LogP contribution in [0.1, 0.15) is 31.4 Å². The van der Waals surface area contributed by atoms with Gasteiger partial charge in [-0.25, -0.2) is 4.79 Å². The number of esters is 1. The van der Waals surface area contributed by atoms with E-state index in [1.807, 2.05) is 0 Å². The number of carbonyl (C=O) groups excluding carboxylic acids is 1. The molecule has 6 rings (SSSR count).